The van der Waals surface area contributed by atoms with Crippen LogP contribution in [0.1, 0.15) is 0 Å². The van der Waals surface area contributed by atoms with Crippen LogP contribution in [0.15, 0.2) is 41.2 Å². The number of imidazole rings is 1. The van der Waals surface area contributed by atoms with Crippen LogP contribution in [-0.4, -0.2) is 14.7 Å². The molecule has 3 aromatic rings. The van der Waals surface area contributed by atoms with E-state index in [4.69, 9.17) is 10.3 Å². The highest BCUT2D eigenvalue weighted by molar-refractivity contribution is 5.85. The first kappa shape index (κ1) is 11.5. The summed E-state index contributed by atoms with van der Waals surface area (Å²) in [4.78, 5) is 4.18. The molecule has 96 valence electrons. The van der Waals surface area contributed by atoms with E-state index in [1.807, 2.05) is 7.05 Å². The minimum absolute atomic E-state index is 0.0723. The van der Waals surface area contributed by atoms with Gasteiger partial charge in [0.2, 0.25) is 5.88 Å². The normalized spacial score (nSPS) is 10.8. The molecule has 0 aliphatic rings. The van der Waals surface area contributed by atoms with Crippen LogP contribution in [0, 0.1) is 5.82 Å². The largest absolute Gasteiger partial charge is 0.367 e. The number of nitrogen functional groups attached to an aromatic ring is 1. The van der Waals surface area contributed by atoms with Crippen LogP contribution < -0.4 is 5.73 Å². The van der Waals surface area contributed by atoms with Crippen molar-refractivity contribution in [2.24, 2.45) is 7.05 Å². The van der Waals surface area contributed by atoms with E-state index < -0.39 is 0 Å². The highest BCUT2D eigenvalue weighted by atomic mass is 19.1. The van der Waals surface area contributed by atoms with Crippen LogP contribution in [0.2, 0.25) is 0 Å². The molecule has 0 saturated heterocycles. The monoisotopic (exact) mass is 258 g/mol. The summed E-state index contributed by atoms with van der Waals surface area (Å²) in [5.41, 5.74) is 6.96. The molecular formula is C13H11FN4O. The molecule has 2 N–H and O–H groups in total. The quantitative estimate of drug-likeness (QED) is 0.766. The van der Waals surface area contributed by atoms with Crippen LogP contribution in [0.25, 0.3) is 22.6 Å². The predicted octanol–water partition coefficient (Wildman–Crippen LogP) is 2.46. The summed E-state index contributed by atoms with van der Waals surface area (Å²) in [6, 6.07) is 6.34. The van der Waals surface area contributed by atoms with Crippen molar-refractivity contribution in [1.82, 2.24) is 14.7 Å². The molecule has 0 unspecified atom stereocenters. The molecule has 0 fully saturated rings. The number of halogens is 1. The molecule has 2 heterocycles. The van der Waals surface area contributed by atoms with E-state index in [1.165, 1.54) is 6.07 Å². The van der Waals surface area contributed by atoms with Gasteiger partial charge in [-0.25, -0.2) is 9.37 Å². The van der Waals surface area contributed by atoms with Crippen LogP contribution in [0.3, 0.4) is 0 Å². The van der Waals surface area contributed by atoms with E-state index in [0.29, 0.717) is 22.6 Å². The van der Waals surface area contributed by atoms with Crippen molar-refractivity contribution in [2.45, 2.75) is 0 Å². The number of aryl methyl sites for hydroxylation is 1. The van der Waals surface area contributed by atoms with Gasteiger partial charge in [0.1, 0.15) is 5.82 Å². The molecule has 1 aromatic carbocycles. The third kappa shape index (κ3) is 1.77. The Kier molecular flexibility index (Phi) is 2.56. The molecule has 19 heavy (non-hydrogen) atoms. The fraction of sp³-hybridized carbons (Fsp3) is 0.0769. The Labute approximate surface area is 108 Å². The van der Waals surface area contributed by atoms with Gasteiger partial charge < -0.3 is 14.8 Å². The third-order valence-electron chi connectivity index (χ3n) is 2.89. The van der Waals surface area contributed by atoms with Crippen LogP contribution in [-0.2, 0) is 7.05 Å². The fourth-order valence-electron chi connectivity index (χ4n) is 1.97. The maximum absolute atomic E-state index is 13.9. The van der Waals surface area contributed by atoms with Gasteiger partial charge in [-0.05, 0) is 6.07 Å². The number of nitrogens with zero attached hydrogens (tertiary/aromatic N) is 3. The zero-order valence-electron chi connectivity index (χ0n) is 10.2. The van der Waals surface area contributed by atoms with E-state index in [9.17, 15) is 4.39 Å². The molecule has 0 atom stereocenters. The van der Waals surface area contributed by atoms with Gasteiger partial charge in [-0.15, -0.1) is 0 Å². The Morgan fingerprint density at radius 3 is 2.79 bits per heavy atom. The summed E-state index contributed by atoms with van der Waals surface area (Å²) < 4.78 is 20.7. The SMILES string of the molecule is Cn1ccnc1-c1noc(N)c1-c1ccccc1F. The van der Waals surface area contributed by atoms with Crippen LogP contribution in [0.5, 0.6) is 0 Å². The van der Waals surface area contributed by atoms with Gasteiger partial charge >= 0.3 is 0 Å². The molecule has 5 nitrogen and oxygen atoms in total. The first-order chi connectivity index (χ1) is 9.18. The third-order valence-corrected chi connectivity index (χ3v) is 2.89. The minimum Gasteiger partial charge on any atom is -0.367 e. The summed E-state index contributed by atoms with van der Waals surface area (Å²) in [5, 5.41) is 3.89. The van der Waals surface area contributed by atoms with Crippen molar-refractivity contribution >= 4 is 5.88 Å². The standard InChI is InChI=1S/C13H11FN4O/c1-18-7-6-16-13(18)11-10(12(15)19-17-11)8-4-2-3-5-9(8)14/h2-7H,15H2,1H3. The maximum Gasteiger partial charge on any atom is 0.230 e. The van der Waals surface area contributed by atoms with E-state index in [1.54, 1.807) is 35.2 Å². The summed E-state index contributed by atoms with van der Waals surface area (Å²) in [7, 11) is 1.82. The van der Waals surface area contributed by atoms with Crippen LogP contribution in [0.4, 0.5) is 10.3 Å². The van der Waals surface area contributed by atoms with Crippen molar-refractivity contribution in [3.63, 3.8) is 0 Å². The molecule has 0 spiro atoms. The fourth-order valence-corrected chi connectivity index (χ4v) is 1.97. The molecule has 0 saturated carbocycles. The summed E-state index contributed by atoms with van der Waals surface area (Å²) >= 11 is 0. The lowest BCUT2D eigenvalue weighted by Crippen LogP contribution is -1.95. The number of nitrogens with two attached hydrogens (primary N) is 1. The average Bonchev–Trinajstić information content (AvgIpc) is 2.96. The lowest BCUT2D eigenvalue weighted by atomic mass is 10.0. The van der Waals surface area contributed by atoms with E-state index >= 15 is 0 Å². The van der Waals surface area contributed by atoms with Crippen molar-refractivity contribution in [3.8, 4) is 22.6 Å². The van der Waals surface area contributed by atoms with Gasteiger partial charge in [0, 0.05) is 25.0 Å². The maximum atomic E-state index is 13.9. The van der Waals surface area contributed by atoms with Crippen molar-refractivity contribution < 1.29 is 8.91 Å². The van der Waals surface area contributed by atoms with Gasteiger partial charge in [0.15, 0.2) is 11.5 Å². The molecule has 6 heteroatoms. The van der Waals surface area contributed by atoms with Gasteiger partial charge in [0.05, 0.1) is 5.56 Å². The molecule has 0 amide bonds. The van der Waals surface area contributed by atoms with Gasteiger partial charge in [0.25, 0.3) is 0 Å². The summed E-state index contributed by atoms with van der Waals surface area (Å²) in [6.45, 7) is 0. The lowest BCUT2D eigenvalue weighted by Gasteiger charge is -2.03. The second-order valence-electron chi connectivity index (χ2n) is 4.11. The Hall–Kier alpha value is -2.63. The van der Waals surface area contributed by atoms with E-state index in [2.05, 4.69) is 10.1 Å². The zero-order chi connectivity index (χ0) is 13.4. The second-order valence-corrected chi connectivity index (χ2v) is 4.11. The lowest BCUT2D eigenvalue weighted by molar-refractivity contribution is 0.438. The van der Waals surface area contributed by atoms with Crippen molar-refractivity contribution in [3.05, 3.63) is 42.5 Å². The van der Waals surface area contributed by atoms with Gasteiger partial charge in [-0.3, -0.25) is 0 Å². The Bertz CT molecular complexity index is 732. The number of rotatable bonds is 2. The molecule has 0 aliphatic carbocycles. The number of benzene rings is 1. The Balaban J connectivity index is 2.26. The van der Waals surface area contributed by atoms with Crippen LogP contribution >= 0.6 is 0 Å². The first-order valence-electron chi connectivity index (χ1n) is 5.66. The van der Waals surface area contributed by atoms with Crippen molar-refractivity contribution in [2.75, 3.05) is 5.73 Å². The van der Waals surface area contributed by atoms with E-state index in [-0.39, 0.29) is 11.7 Å². The molecule has 2 aromatic heterocycles. The predicted molar refractivity (Wildman–Crippen MR) is 68.5 cm³/mol. The summed E-state index contributed by atoms with van der Waals surface area (Å²) in [6.07, 6.45) is 3.40. The smallest absolute Gasteiger partial charge is 0.230 e. The Morgan fingerprint density at radius 1 is 1.32 bits per heavy atom. The number of anilines is 1. The topological polar surface area (TPSA) is 69.9 Å². The number of hydrogen-bond acceptors (Lipinski definition) is 4. The summed E-state index contributed by atoms with van der Waals surface area (Å²) in [5.74, 6) is 0.259. The van der Waals surface area contributed by atoms with E-state index in [0.717, 1.165) is 0 Å². The van der Waals surface area contributed by atoms with Crippen molar-refractivity contribution in [1.29, 1.82) is 0 Å². The number of hydrogen-bond donors (Lipinski definition) is 1. The highest BCUT2D eigenvalue weighted by Gasteiger charge is 2.22. The molecule has 3 rings (SSSR count). The Morgan fingerprint density at radius 2 is 2.11 bits per heavy atom. The van der Waals surface area contributed by atoms with Gasteiger partial charge in [-0.1, -0.05) is 23.4 Å². The zero-order valence-corrected chi connectivity index (χ0v) is 10.2. The molecule has 0 radical (unpaired) electrons. The number of aromatic nitrogens is 3. The second kappa shape index (κ2) is 4.24. The molecular weight excluding hydrogens is 247 g/mol. The molecule has 0 bridgehead atoms. The van der Waals surface area contributed by atoms with Gasteiger partial charge in [-0.2, -0.15) is 0 Å². The highest BCUT2D eigenvalue weighted by Crippen LogP contribution is 2.36. The molecule has 0 aliphatic heterocycles. The minimum atomic E-state index is -0.382. The first-order valence-corrected chi connectivity index (χ1v) is 5.66. The average molecular weight is 258 g/mol.